The standard InChI is InChI=1S/C16H23NO3/c1-2-4-9-17(8-3-1)10-11-18-14-6-5-7-15-16(14)20-13-12-19-15/h5-7H,1-4,8-13H2. The van der Waals surface area contributed by atoms with Gasteiger partial charge in [-0.2, -0.15) is 0 Å². The highest BCUT2D eigenvalue weighted by atomic mass is 16.6. The number of nitrogens with zero attached hydrogens (tertiary/aromatic N) is 1. The van der Waals surface area contributed by atoms with Crippen LogP contribution in [0.5, 0.6) is 17.2 Å². The van der Waals surface area contributed by atoms with Crippen LogP contribution in [0.4, 0.5) is 0 Å². The van der Waals surface area contributed by atoms with E-state index in [0.717, 1.165) is 23.8 Å². The van der Waals surface area contributed by atoms with Gasteiger partial charge in [-0.3, -0.25) is 4.90 Å². The summed E-state index contributed by atoms with van der Waals surface area (Å²) in [6, 6.07) is 5.83. The van der Waals surface area contributed by atoms with Gasteiger partial charge in [0.1, 0.15) is 19.8 Å². The monoisotopic (exact) mass is 277 g/mol. The Morgan fingerprint density at radius 2 is 1.80 bits per heavy atom. The summed E-state index contributed by atoms with van der Waals surface area (Å²) in [7, 11) is 0. The number of hydrogen-bond acceptors (Lipinski definition) is 4. The summed E-state index contributed by atoms with van der Waals surface area (Å²) < 4.78 is 17.1. The molecule has 0 radical (unpaired) electrons. The van der Waals surface area contributed by atoms with E-state index in [1.165, 1.54) is 38.8 Å². The van der Waals surface area contributed by atoms with Crippen LogP contribution in [-0.2, 0) is 0 Å². The fourth-order valence-corrected chi connectivity index (χ4v) is 2.81. The fraction of sp³-hybridized carbons (Fsp3) is 0.625. The van der Waals surface area contributed by atoms with Crippen molar-refractivity contribution in [2.45, 2.75) is 25.7 Å². The zero-order chi connectivity index (χ0) is 13.6. The van der Waals surface area contributed by atoms with E-state index in [4.69, 9.17) is 14.2 Å². The van der Waals surface area contributed by atoms with E-state index < -0.39 is 0 Å². The molecule has 2 aliphatic rings. The second-order valence-corrected chi connectivity index (χ2v) is 5.38. The fourth-order valence-electron chi connectivity index (χ4n) is 2.81. The Bertz CT molecular complexity index is 428. The minimum Gasteiger partial charge on any atom is -0.488 e. The van der Waals surface area contributed by atoms with Crippen LogP contribution in [0.3, 0.4) is 0 Å². The molecule has 0 bridgehead atoms. The Balaban J connectivity index is 1.53. The summed E-state index contributed by atoms with van der Waals surface area (Å²) in [5.41, 5.74) is 0. The van der Waals surface area contributed by atoms with Crippen molar-refractivity contribution in [3.8, 4) is 17.2 Å². The quantitative estimate of drug-likeness (QED) is 0.846. The summed E-state index contributed by atoms with van der Waals surface area (Å²) in [5.74, 6) is 2.36. The molecule has 0 atom stereocenters. The lowest BCUT2D eigenvalue weighted by atomic mass is 10.2. The van der Waals surface area contributed by atoms with Crippen molar-refractivity contribution in [3.05, 3.63) is 18.2 Å². The summed E-state index contributed by atoms with van der Waals surface area (Å²) in [4.78, 5) is 2.50. The lowest BCUT2D eigenvalue weighted by molar-refractivity contribution is 0.157. The highest BCUT2D eigenvalue weighted by molar-refractivity contribution is 5.51. The van der Waals surface area contributed by atoms with Crippen molar-refractivity contribution in [2.24, 2.45) is 0 Å². The van der Waals surface area contributed by atoms with Crippen LogP contribution in [0.25, 0.3) is 0 Å². The second kappa shape index (κ2) is 6.84. The van der Waals surface area contributed by atoms with Crippen LogP contribution < -0.4 is 14.2 Å². The number of benzene rings is 1. The van der Waals surface area contributed by atoms with Crippen LogP contribution in [0, 0.1) is 0 Å². The second-order valence-electron chi connectivity index (χ2n) is 5.38. The molecule has 110 valence electrons. The van der Waals surface area contributed by atoms with Gasteiger partial charge < -0.3 is 14.2 Å². The van der Waals surface area contributed by atoms with Gasteiger partial charge in [-0.25, -0.2) is 0 Å². The number of hydrogen-bond donors (Lipinski definition) is 0. The maximum absolute atomic E-state index is 5.90. The Kier molecular flexibility index (Phi) is 4.64. The maximum atomic E-state index is 5.90. The number of rotatable bonds is 4. The predicted molar refractivity (Wildman–Crippen MR) is 77.8 cm³/mol. The van der Waals surface area contributed by atoms with E-state index in [-0.39, 0.29) is 0 Å². The smallest absolute Gasteiger partial charge is 0.203 e. The average molecular weight is 277 g/mol. The molecule has 1 saturated heterocycles. The molecule has 1 aromatic carbocycles. The Morgan fingerprint density at radius 1 is 1.00 bits per heavy atom. The minimum atomic E-state index is 0.597. The van der Waals surface area contributed by atoms with E-state index in [2.05, 4.69) is 4.90 Å². The first-order valence-corrected chi connectivity index (χ1v) is 7.67. The molecule has 0 spiro atoms. The van der Waals surface area contributed by atoms with Crippen LogP contribution >= 0.6 is 0 Å². The molecule has 0 saturated carbocycles. The van der Waals surface area contributed by atoms with Gasteiger partial charge in [0.15, 0.2) is 11.5 Å². The van der Waals surface area contributed by atoms with Crippen LogP contribution in [0.2, 0.25) is 0 Å². The molecule has 1 fully saturated rings. The van der Waals surface area contributed by atoms with Crippen molar-refractivity contribution >= 4 is 0 Å². The minimum absolute atomic E-state index is 0.597. The van der Waals surface area contributed by atoms with Crippen molar-refractivity contribution in [1.82, 2.24) is 4.90 Å². The lowest BCUT2D eigenvalue weighted by Crippen LogP contribution is -2.29. The number of para-hydroxylation sites is 1. The van der Waals surface area contributed by atoms with Crippen LogP contribution in [0.1, 0.15) is 25.7 Å². The Morgan fingerprint density at radius 3 is 2.65 bits per heavy atom. The zero-order valence-electron chi connectivity index (χ0n) is 12.0. The molecule has 0 N–H and O–H groups in total. The van der Waals surface area contributed by atoms with Gasteiger partial charge in [0.25, 0.3) is 0 Å². The highest BCUT2D eigenvalue weighted by Gasteiger charge is 2.17. The topological polar surface area (TPSA) is 30.9 Å². The van der Waals surface area contributed by atoms with Gasteiger partial charge in [0, 0.05) is 6.54 Å². The molecule has 4 heteroatoms. The van der Waals surface area contributed by atoms with E-state index >= 15 is 0 Å². The SMILES string of the molecule is c1cc2c(c(OCCN3CCCCCC3)c1)OCCO2. The van der Waals surface area contributed by atoms with Gasteiger partial charge in [0.2, 0.25) is 5.75 Å². The van der Waals surface area contributed by atoms with Gasteiger partial charge >= 0.3 is 0 Å². The average Bonchev–Trinajstić information content (AvgIpc) is 2.76. The van der Waals surface area contributed by atoms with Crippen molar-refractivity contribution < 1.29 is 14.2 Å². The van der Waals surface area contributed by atoms with Gasteiger partial charge in [-0.05, 0) is 38.1 Å². The molecule has 2 aliphatic heterocycles. The van der Waals surface area contributed by atoms with E-state index in [1.54, 1.807) is 0 Å². The molecule has 3 rings (SSSR count). The normalized spacial score (nSPS) is 19.4. The van der Waals surface area contributed by atoms with E-state index in [0.29, 0.717) is 19.8 Å². The summed E-state index contributed by atoms with van der Waals surface area (Å²) in [6.07, 6.45) is 5.37. The Hall–Kier alpha value is -1.42. The summed E-state index contributed by atoms with van der Waals surface area (Å²) in [5, 5.41) is 0. The molecule has 0 aromatic heterocycles. The van der Waals surface area contributed by atoms with E-state index in [1.807, 2.05) is 18.2 Å². The molecule has 0 unspecified atom stereocenters. The molecule has 0 aliphatic carbocycles. The maximum Gasteiger partial charge on any atom is 0.203 e. The van der Waals surface area contributed by atoms with Crippen LogP contribution in [0.15, 0.2) is 18.2 Å². The largest absolute Gasteiger partial charge is 0.488 e. The van der Waals surface area contributed by atoms with Crippen molar-refractivity contribution in [2.75, 3.05) is 39.5 Å². The number of fused-ring (bicyclic) bond motifs is 1. The van der Waals surface area contributed by atoms with Gasteiger partial charge in [-0.15, -0.1) is 0 Å². The number of likely N-dealkylation sites (tertiary alicyclic amines) is 1. The summed E-state index contributed by atoms with van der Waals surface area (Å²) >= 11 is 0. The van der Waals surface area contributed by atoms with Gasteiger partial charge in [-0.1, -0.05) is 18.9 Å². The third-order valence-electron chi connectivity index (χ3n) is 3.89. The predicted octanol–water partition coefficient (Wildman–Crippen LogP) is 2.71. The lowest BCUT2D eigenvalue weighted by Gasteiger charge is -2.22. The third kappa shape index (κ3) is 3.37. The van der Waals surface area contributed by atoms with E-state index in [9.17, 15) is 0 Å². The molecule has 0 amide bonds. The molecular formula is C16H23NO3. The molecule has 20 heavy (non-hydrogen) atoms. The Labute approximate surface area is 120 Å². The van der Waals surface area contributed by atoms with Crippen LogP contribution in [-0.4, -0.2) is 44.4 Å². The molecule has 1 aromatic rings. The zero-order valence-corrected chi connectivity index (χ0v) is 12.0. The first kappa shape index (κ1) is 13.6. The molecular weight excluding hydrogens is 254 g/mol. The molecule has 2 heterocycles. The third-order valence-corrected chi connectivity index (χ3v) is 3.89. The first-order valence-electron chi connectivity index (χ1n) is 7.67. The molecule has 4 nitrogen and oxygen atoms in total. The number of ether oxygens (including phenoxy) is 3. The van der Waals surface area contributed by atoms with Gasteiger partial charge in [0.05, 0.1) is 0 Å². The van der Waals surface area contributed by atoms with Crippen molar-refractivity contribution in [1.29, 1.82) is 0 Å². The highest BCUT2D eigenvalue weighted by Crippen LogP contribution is 2.38. The van der Waals surface area contributed by atoms with Crippen molar-refractivity contribution in [3.63, 3.8) is 0 Å². The first-order chi connectivity index (χ1) is 9.93. The summed E-state index contributed by atoms with van der Waals surface area (Å²) in [6.45, 7) is 5.32.